The first-order chi connectivity index (χ1) is 12.2. The van der Waals surface area contributed by atoms with Gasteiger partial charge < -0.3 is 15.7 Å². The molecule has 2 heterocycles. The number of hydrogen-bond donors (Lipinski definition) is 3. The molecule has 2 aromatic heterocycles. The second-order valence-electron chi connectivity index (χ2n) is 6.12. The normalized spacial score (nSPS) is 13.8. The van der Waals surface area contributed by atoms with Crippen LogP contribution in [0.5, 0.6) is 5.75 Å². The van der Waals surface area contributed by atoms with Crippen LogP contribution in [-0.4, -0.2) is 38.0 Å². The van der Waals surface area contributed by atoms with E-state index in [1.807, 2.05) is 23.6 Å². The SMILES string of the molecule is CCNc1nccn2c(-c3ccc(C(=O)NC4CC4)c(O)c3)cnc12. The van der Waals surface area contributed by atoms with Gasteiger partial charge in [-0.3, -0.25) is 9.20 Å². The summed E-state index contributed by atoms with van der Waals surface area (Å²) in [6.07, 6.45) is 7.27. The fourth-order valence-electron chi connectivity index (χ4n) is 2.80. The zero-order valence-electron chi connectivity index (χ0n) is 13.9. The third-order valence-electron chi connectivity index (χ3n) is 4.22. The number of carbonyl (C=O) groups excluding carboxylic acids is 1. The average molecular weight is 337 g/mol. The number of carbonyl (C=O) groups is 1. The summed E-state index contributed by atoms with van der Waals surface area (Å²) in [6, 6.07) is 5.31. The first kappa shape index (κ1) is 15.4. The molecular formula is C18H19N5O2. The lowest BCUT2D eigenvalue weighted by Crippen LogP contribution is -2.25. The van der Waals surface area contributed by atoms with E-state index in [2.05, 4.69) is 20.6 Å². The Morgan fingerprint density at radius 3 is 2.92 bits per heavy atom. The van der Waals surface area contributed by atoms with Crippen molar-refractivity contribution in [2.45, 2.75) is 25.8 Å². The second kappa shape index (κ2) is 6.08. The molecule has 0 spiro atoms. The molecule has 0 aliphatic heterocycles. The molecule has 1 aromatic carbocycles. The van der Waals surface area contributed by atoms with Gasteiger partial charge in [-0.15, -0.1) is 0 Å². The number of imidazole rings is 1. The Morgan fingerprint density at radius 2 is 2.20 bits per heavy atom. The van der Waals surface area contributed by atoms with Crippen molar-refractivity contribution in [2.75, 3.05) is 11.9 Å². The van der Waals surface area contributed by atoms with Crippen LogP contribution in [0.1, 0.15) is 30.1 Å². The Balaban J connectivity index is 1.70. The predicted molar refractivity (Wildman–Crippen MR) is 94.7 cm³/mol. The Morgan fingerprint density at radius 1 is 1.36 bits per heavy atom. The molecule has 0 atom stereocenters. The van der Waals surface area contributed by atoms with E-state index in [0.29, 0.717) is 11.4 Å². The molecule has 1 amide bonds. The maximum Gasteiger partial charge on any atom is 0.255 e. The number of phenols is 1. The van der Waals surface area contributed by atoms with Gasteiger partial charge in [0.05, 0.1) is 17.5 Å². The van der Waals surface area contributed by atoms with Gasteiger partial charge in [0.15, 0.2) is 11.5 Å². The van der Waals surface area contributed by atoms with E-state index in [1.54, 1.807) is 24.5 Å². The molecule has 1 saturated carbocycles. The number of hydrogen-bond acceptors (Lipinski definition) is 5. The smallest absolute Gasteiger partial charge is 0.255 e. The van der Waals surface area contributed by atoms with Crippen molar-refractivity contribution in [3.8, 4) is 17.0 Å². The van der Waals surface area contributed by atoms with Crippen molar-refractivity contribution in [3.63, 3.8) is 0 Å². The fraction of sp³-hybridized carbons (Fsp3) is 0.278. The molecule has 1 aliphatic rings. The molecule has 1 aliphatic carbocycles. The van der Waals surface area contributed by atoms with Gasteiger partial charge in [-0.2, -0.15) is 0 Å². The van der Waals surface area contributed by atoms with Crippen LogP contribution in [0.15, 0.2) is 36.8 Å². The van der Waals surface area contributed by atoms with Crippen molar-refractivity contribution in [1.29, 1.82) is 0 Å². The number of aromatic nitrogens is 3. The number of anilines is 1. The second-order valence-corrected chi connectivity index (χ2v) is 6.12. The van der Waals surface area contributed by atoms with Gasteiger partial charge in [-0.1, -0.05) is 6.07 Å². The average Bonchev–Trinajstić information content (AvgIpc) is 3.30. The number of benzene rings is 1. The number of aromatic hydroxyl groups is 1. The molecular weight excluding hydrogens is 318 g/mol. The van der Waals surface area contributed by atoms with Crippen LogP contribution in [0.3, 0.4) is 0 Å². The number of rotatable bonds is 5. The number of nitrogens with one attached hydrogen (secondary N) is 2. The van der Waals surface area contributed by atoms with E-state index in [0.717, 1.165) is 36.3 Å². The van der Waals surface area contributed by atoms with Crippen molar-refractivity contribution in [1.82, 2.24) is 19.7 Å². The summed E-state index contributed by atoms with van der Waals surface area (Å²) >= 11 is 0. The highest BCUT2D eigenvalue weighted by molar-refractivity contribution is 5.97. The first-order valence-corrected chi connectivity index (χ1v) is 8.37. The minimum Gasteiger partial charge on any atom is -0.507 e. The highest BCUT2D eigenvalue weighted by Crippen LogP contribution is 2.29. The Bertz CT molecular complexity index is 946. The molecule has 0 bridgehead atoms. The molecule has 128 valence electrons. The number of fused-ring (bicyclic) bond motifs is 1. The highest BCUT2D eigenvalue weighted by Gasteiger charge is 2.25. The van der Waals surface area contributed by atoms with Crippen LogP contribution < -0.4 is 10.6 Å². The van der Waals surface area contributed by atoms with Crippen LogP contribution in [-0.2, 0) is 0 Å². The molecule has 1 fully saturated rings. The van der Waals surface area contributed by atoms with Crippen molar-refractivity contribution < 1.29 is 9.90 Å². The fourth-order valence-corrected chi connectivity index (χ4v) is 2.80. The summed E-state index contributed by atoms with van der Waals surface area (Å²) in [5, 5.41) is 16.4. The quantitative estimate of drug-likeness (QED) is 0.665. The summed E-state index contributed by atoms with van der Waals surface area (Å²) < 4.78 is 1.91. The molecule has 0 saturated heterocycles. The van der Waals surface area contributed by atoms with E-state index in [4.69, 9.17) is 0 Å². The lowest BCUT2D eigenvalue weighted by Gasteiger charge is -2.09. The van der Waals surface area contributed by atoms with E-state index < -0.39 is 0 Å². The number of amides is 1. The molecule has 3 aromatic rings. The first-order valence-electron chi connectivity index (χ1n) is 8.37. The topological polar surface area (TPSA) is 91.6 Å². The Hall–Kier alpha value is -3.09. The van der Waals surface area contributed by atoms with Crippen LogP contribution in [0, 0.1) is 0 Å². The van der Waals surface area contributed by atoms with Gasteiger partial charge in [-0.05, 0) is 31.9 Å². The van der Waals surface area contributed by atoms with Crippen molar-refractivity contribution >= 4 is 17.4 Å². The van der Waals surface area contributed by atoms with E-state index in [-0.39, 0.29) is 17.7 Å². The van der Waals surface area contributed by atoms with E-state index >= 15 is 0 Å². The van der Waals surface area contributed by atoms with Crippen molar-refractivity contribution in [3.05, 3.63) is 42.4 Å². The third kappa shape index (κ3) is 2.88. The number of nitrogens with zero attached hydrogens (tertiary/aromatic N) is 3. The van der Waals surface area contributed by atoms with Gasteiger partial charge in [-0.25, -0.2) is 9.97 Å². The van der Waals surface area contributed by atoms with E-state index in [9.17, 15) is 9.90 Å². The van der Waals surface area contributed by atoms with Gasteiger partial charge in [0, 0.05) is 30.5 Å². The van der Waals surface area contributed by atoms with Crippen LogP contribution in [0.4, 0.5) is 5.82 Å². The lowest BCUT2D eigenvalue weighted by molar-refractivity contribution is 0.0948. The zero-order chi connectivity index (χ0) is 17.4. The molecule has 25 heavy (non-hydrogen) atoms. The molecule has 4 rings (SSSR count). The Kier molecular flexibility index (Phi) is 3.76. The minimum absolute atomic E-state index is 0.0356. The van der Waals surface area contributed by atoms with Crippen molar-refractivity contribution in [2.24, 2.45) is 0 Å². The van der Waals surface area contributed by atoms with Crippen LogP contribution in [0.25, 0.3) is 16.9 Å². The maximum atomic E-state index is 12.1. The summed E-state index contributed by atoms with van der Waals surface area (Å²) in [4.78, 5) is 20.9. The zero-order valence-corrected chi connectivity index (χ0v) is 13.9. The molecule has 7 heteroatoms. The van der Waals surface area contributed by atoms with Gasteiger partial charge in [0.25, 0.3) is 5.91 Å². The van der Waals surface area contributed by atoms with Gasteiger partial charge in [0.1, 0.15) is 5.75 Å². The standard InChI is InChI=1S/C18H19N5O2/c1-2-19-16-17-21-10-14(23(17)8-7-20-16)11-3-6-13(15(24)9-11)18(25)22-12-4-5-12/h3,6-10,12,24H,2,4-5H2,1H3,(H,19,20)(H,22,25). The van der Waals surface area contributed by atoms with Crippen LogP contribution in [0.2, 0.25) is 0 Å². The predicted octanol–water partition coefficient (Wildman–Crippen LogP) is 2.43. The highest BCUT2D eigenvalue weighted by atomic mass is 16.3. The monoisotopic (exact) mass is 337 g/mol. The summed E-state index contributed by atoms with van der Waals surface area (Å²) in [5.74, 6) is 0.441. The third-order valence-corrected chi connectivity index (χ3v) is 4.22. The molecule has 3 N–H and O–H groups in total. The van der Waals surface area contributed by atoms with Gasteiger partial charge >= 0.3 is 0 Å². The lowest BCUT2D eigenvalue weighted by atomic mass is 10.1. The molecule has 0 radical (unpaired) electrons. The maximum absolute atomic E-state index is 12.1. The van der Waals surface area contributed by atoms with Crippen LogP contribution >= 0.6 is 0 Å². The molecule has 7 nitrogen and oxygen atoms in total. The van der Waals surface area contributed by atoms with E-state index in [1.165, 1.54) is 0 Å². The Labute approximate surface area is 144 Å². The minimum atomic E-state index is -0.233. The summed E-state index contributed by atoms with van der Waals surface area (Å²) in [5.41, 5.74) is 2.61. The number of phenolic OH excluding ortho intramolecular Hbond substituents is 1. The largest absolute Gasteiger partial charge is 0.507 e. The summed E-state index contributed by atoms with van der Waals surface area (Å²) in [6.45, 7) is 2.75. The van der Waals surface area contributed by atoms with Gasteiger partial charge in [0.2, 0.25) is 0 Å². The summed E-state index contributed by atoms with van der Waals surface area (Å²) in [7, 11) is 0. The molecule has 0 unspecified atom stereocenters.